The Bertz CT molecular complexity index is 641. The van der Waals surface area contributed by atoms with Crippen LogP contribution in [0.3, 0.4) is 0 Å². The van der Waals surface area contributed by atoms with Gasteiger partial charge in [-0.15, -0.1) is 0 Å². The predicted octanol–water partition coefficient (Wildman–Crippen LogP) is 2.70. The normalized spacial score (nSPS) is 14.7. The minimum Gasteiger partial charge on any atom is -0.478 e. The molecule has 25 heavy (non-hydrogen) atoms. The van der Waals surface area contributed by atoms with Crippen molar-refractivity contribution in [2.45, 2.75) is 29.7 Å². The van der Waals surface area contributed by atoms with Crippen molar-refractivity contribution < 1.29 is 57.8 Å². The van der Waals surface area contributed by atoms with Crippen molar-refractivity contribution in [2.24, 2.45) is 0 Å². The molecular weight excluding hydrogens is 401 g/mol. The minimum absolute atomic E-state index is 0.167. The van der Waals surface area contributed by atoms with E-state index in [1.54, 1.807) is 0 Å². The number of carboxylic acids is 1. The largest absolute Gasteiger partial charge is 0.478 e. The van der Waals surface area contributed by atoms with E-state index in [1.807, 2.05) is 0 Å². The molecule has 0 atom stereocenters. The van der Waals surface area contributed by atoms with Crippen LogP contribution in [0.4, 0.5) is 39.5 Å². The zero-order valence-electron chi connectivity index (χ0n) is 12.1. The lowest BCUT2D eigenvalue weighted by atomic mass is 10.1. The highest BCUT2D eigenvalue weighted by molar-refractivity contribution is 7.90. The minimum atomic E-state index is -7.36. The van der Waals surface area contributed by atoms with Gasteiger partial charge in [-0.1, -0.05) is 6.58 Å². The standard InChI is InChI=1S/C10H10F9NO4S/c1-5(6(21)22)3-4-20(2)25(23,24)10(18,19)8(13,14)7(11,12)9(15,16)17/h1,3-4H2,2H3,(H,21,22). The molecule has 5 nitrogen and oxygen atoms in total. The summed E-state index contributed by atoms with van der Waals surface area (Å²) < 4.78 is 136. The molecule has 0 amide bonds. The van der Waals surface area contributed by atoms with E-state index < -0.39 is 62.1 Å². The average Bonchev–Trinajstić information content (AvgIpc) is 2.41. The van der Waals surface area contributed by atoms with Crippen LogP contribution in [-0.4, -0.2) is 60.7 Å². The summed E-state index contributed by atoms with van der Waals surface area (Å²) in [4.78, 5) is 10.4. The van der Waals surface area contributed by atoms with Gasteiger partial charge in [0.2, 0.25) is 0 Å². The van der Waals surface area contributed by atoms with Crippen LogP contribution in [0.2, 0.25) is 0 Å². The molecule has 15 heteroatoms. The number of aliphatic carboxylic acids is 1. The van der Waals surface area contributed by atoms with Gasteiger partial charge in [-0.25, -0.2) is 13.2 Å². The van der Waals surface area contributed by atoms with E-state index >= 15 is 0 Å². The number of rotatable bonds is 8. The summed E-state index contributed by atoms with van der Waals surface area (Å²) in [5, 5.41) is 1.57. The molecule has 0 bridgehead atoms. The van der Waals surface area contributed by atoms with Gasteiger partial charge in [0.1, 0.15) is 0 Å². The molecule has 0 fully saturated rings. The Morgan fingerprint density at radius 2 is 1.40 bits per heavy atom. The van der Waals surface area contributed by atoms with Gasteiger partial charge in [0.15, 0.2) is 0 Å². The number of nitrogens with zero attached hydrogens (tertiary/aromatic N) is 1. The van der Waals surface area contributed by atoms with Crippen LogP contribution in [0.25, 0.3) is 0 Å². The first-order chi connectivity index (χ1) is 10.7. The van der Waals surface area contributed by atoms with Crippen molar-refractivity contribution >= 4 is 16.0 Å². The lowest BCUT2D eigenvalue weighted by Gasteiger charge is -2.34. The highest BCUT2D eigenvalue weighted by Crippen LogP contribution is 2.55. The fourth-order valence-electron chi connectivity index (χ4n) is 1.24. The van der Waals surface area contributed by atoms with Crippen LogP contribution < -0.4 is 0 Å². The van der Waals surface area contributed by atoms with Crippen LogP contribution in [-0.2, 0) is 14.8 Å². The summed E-state index contributed by atoms with van der Waals surface area (Å²) in [7, 11) is -6.56. The summed E-state index contributed by atoms with van der Waals surface area (Å²) in [5.41, 5.74) is -0.752. The lowest BCUT2D eigenvalue weighted by molar-refractivity contribution is -0.382. The highest BCUT2D eigenvalue weighted by atomic mass is 32.2. The van der Waals surface area contributed by atoms with Gasteiger partial charge in [-0.3, -0.25) is 0 Å². The molecule has 0 aromatic rings. The van der Waals surface area contributed by atoms with Crippen molar-refractivity contribution in [1.29, 1.82) is 0 Å². The molecule has 148 valence electrons. The summed E-state index contributed by atoms with van der Waals surface area (Å²) in [6, 6.07) is 0. The first-order valence-corrected chi connectivity index (χ1v) is 7.26. The first kappa shape index (κ1) is 23.5. The van der Waals surface area contributed by atoms with Gasteiger partial charge in [0, 0.05) is 19.2 Å². The second-order valence-corrected chi connectivity index (χ2v) is 6.73. The van der Waals surface area contributed by atoms with E-state index in [0.29, 0.717) is 0 Å². The van der Waals surface area contributed by atoms with E-state index in [-0.39, 0.29) is 7.05 Å². The molecule has 0 unspecified atom stereocenters. The van der Waals surface area contributed by atoms with Crippen molar-refractivity contribution in [1.82, 2.24) is 4.31 Å². The quantitative estimate of drug-likeness (QED) is 0.493. The zero-order chi connectivity index (χ0) is 20.6. The molecule has 0 aliphatic carbocycles. The van der Waals surface area contributed by atoms with E-state index in [4.69, 9.17) is 5.11 Å². The molecule has 0 aliphatic heterocycles. The van der Waals surface area contributed by atoms with E-state index in [0.717, 1.165) is 0 Å². The molecule has 0 rings (SSSR count). The molecule has 0 spiro atoms. The number of hydrogen-bond donors (Lipinski definition) is 1. The SMILES string of the molecule is C=C(CCN(C)S(=O)(=O)C(F)(F)C(F)(F)C(F)(F)C(F)(F)F)C(=O)O. The smallest absolute Gasteiger partial charge is 0.460 e. The number of sulfonamides is 1. The van der Waals surface area contributed by atoms with E-state index in [2.05, 4.69) is 6.58 Å². The van der Waals surface area contributed by atoms with Gasteiger partial charge in [0.05, 0.1) is 0 Å². The van der Waals surface area contributed by atoms with Crippen LogP contribution in [0.1, 0.15) is 6.42 Å². The lowest BCUT2D eigenvalue weighted by Crippen LogP contribution is -2.65. The van der Waals surface area contributed by atoms with Gasteiger partial charge in [-0.05, 0) is 6.42 Å². The average molecular weight is 411 g/mol. The Hall–Kier alpha value is -1.51. The molecule has 0 aliphatic rings. The summed E-state index contributed by atoms with van der Waals surface area (Å²) >= 11 is 0. The maximum Gasteiger partial charge on any atom is 0.460 e. The second kappa shape index (κ2) is 6.66. The zero-order valence-corrected chi connectivity index (χ0v) is 12.9. The van der Waals surface area contributed by atoms with Crippen LogP contribution >= 0.6 is 0 Å². The Balaban J connectivity index is 5.81. The van der Waals surface area contributed by atoms with Gasteiger partial charge in [-0.2, -0.15) is 43.8 Å². The van der Waals surface area contributed by atoms with Gasteiger partial charge in [0.25, 0.3) is 10.0 Å². The second-order valence-electron chi connectivity index (χ2n) is 4.65. The predicted molar refractivity (Wildman–Crippen MR) is 63.8 cm³/mol. The molecule has 0 saturated heterocycles. The van der Waals surface area contributed by atoms with Crippen LogP contribution in [0.5, 0.6) is 0 Å². The summed E-state index contributed by atoms with van der Waals surface area (Å²) in [6.45, 7) is 1.63. The van der Waals surface area contributed by atoms with Crippen molar-refractivity contribution in [2.75, 3.05) is 13.6 Å². The monoisotopic (exact) mass is 411 g/mol. The summed E-state index contributed by atoms with van der Waals surface area (Å²) in [6.07, 6.45) is -8.05. The Labute approximate surface area is 134 Å². The van der Waals surface area contributed by atoms with Gasteiger partial charge >= 0.3 is 29.2 Å². The fraction of sp³-hybridized carbons (Fsp3) is 0.700. The van der Waals surface area contributed by atoms with Crippen molar-refractivity contribution in [3.8, 4) is 0 Å². The molecular formula is C10H10F9NO4S. The van der Waals surface area contributed by atoms with Gasteiger partial charge < -0.3 is 5.11 Å². The van der Waals surface area contributed by atoms with Crippen molar-refractivity contribution in [3.05, 3.63) is 12.2 Å². The molecule has 1 N–H and O–H groups in total. The van der Waals surface area contributed by atoms with Crippen LogP contribution in [0, 0.1) is 0 Å². The molecule has 0 aromatic carbocycles. The number of carbonyl (C=O) groups is 1. The van der Waals surface area contributed by atoms with E-state index in [9.17, 15) is 52.7 Å². The molecule has 0 radical (unpaired) electrons. The number of hydrogen-bond acceptors (Lipinski definition) is 3. The van der Waals surface area contributed by atoms with Crippen molar-refractivity contribution in [3.63, 3.8) is 0 Å². The Morgan fingerprint density at radius 3 is 1.72 bits per heavy atom. The molecule has 0 heterocycles. The summed E-state index contributed by atoms with van der Waals surface area (Å²) in [5.74, 6) is -16.4. The third-order valence-corrected chi connectivity index (χ3v) is 4.79. The maximum absolute atomic E-state index is 13.4. The molecule has 0 saturated carbocycles. The number of halogens is 9. The number of alkyl halides is 9. The van der Waals surface area contributed by atoms with E-state index in [1.165, 1.54) is 0 Å². The number of carboxylic acid groups (broad SMARTS) is 1. The Kier molecular flexibility index (Phi) is 6.26. The van der Waals surface area contributed by atoms with Crippen LogP contribution in [0.15, 0.2) is 12.2 Å². The third-order valence-electron chi connectivity index (χ3n) is 2.88. The highest BCUT2D eigenvalue weighted by Gasteiger charge is 2.85. The Morgan fingerprint density at radius 1 is 1.00 bits per heavy atom. The first-order valence-electron chi connectivity index (χ1n) is 5.82. The fourth-order valence-corrected chi connectivity index (χ4v) is 2.41. The molecule has 0 aromatic heterocycles. The third kappa shape index (κ3) is 3.86. The topological polar surface area (TPSA) is 74.7 Å². The maximum atomic E-state index is 13.4.